The van der Waals surface area contributed by atoms with E-state index in [1.54, 1.807) is 7.11 Å². The second-order valence-corrected chi connectivity index (χ2v) is 4.33. The molecule has 0 saturated heterocycles. The maximum absolute atomic E-state index is 11.9. The van der Waals surface area contributed by atoms with Gasteiger partial charge in [-0.25, -0.2) is 0 Å². The molecule has 0 aliphatic rings. The number of ether oxygens (including phenoxy) is 1. The summed E-state index contributed by atoms with van der Waals surface area (Å²) in [5.41, 5.74) is 6.55. The van der Waals surface area contributed by atoms with Crippen LogP contribution in [0.15, 0.2) is 42.6 Å². The number of amides is 2. The molecule has 6 nitrogen and oxygen atoms in total. The quantitative estimate of drug-likeness (QED) is 0.860. The average Bonchev–Trinajstić information content (AvgIpc) is 2.53. The second-order valence-electron chi connectivity index (χ2n) is 4.33. The lowest BCUT2D eigenvalue weighted by molar-refractivity contribution is 0.0943. The van der Waals surface area contributed by atoms with Crippen LogP contribution in [0.25, 0.3) is 0 Å². The first kappa shape index (κ1) is 14.5. The molecule has 1 heterocycles. The lowest BCUT2D eigenvalue weighted by Crippen LogP contribution is -2.24. The zero-order valence-electron chi connectivity index (χ0n) is 11.5. The molecular weight excluding hydrogens is 270 g/mol. The van der Waals surface area contributed by atoms with Gasteiger partial charge in [-0.05, 0) is 29.8 Å². The number of benzene rings is 1. The summed E-state index contributed by atoms with van der Waals surface area (Å²) in [4.78, 5) is 26.7. The second kappa shape index (κ2) is 6.51. The summed E-state index contributed by atoms with van der Waals surface area (Å²) in [5, 5.41) is 2.74. The van der Waals surface area contributed by atoms with Crippen LogP contribution in [0.1, 0.15) is 26.4 Å². The van der Waals surface area contributed by atoms with Crippen LogP contribution in [0.2, 0.25) is 0 Å². The number of primary amides is 1. The number of pyridine rings is 1. The van der Waals surface area contributed by atoms with Crippen molar-refractivity contribution >= 4 is 11.8 Å². The molecule has 108 valence electrons. The normalized spacial score (nSPS) is 9.95. The van der Waals surface area contributed by atoms with Crippen molar-refractivity contribution in [1.29, 1.82) is 0 Å². The largest absolute Gasteiger partial charge is 0.497 e. The number of nitrogens with two attached hydrogens (primary N) is 1. The number of methoxy groups -OCH3 is 1. The van der Waals surface area contributed by atoms with E-state index in [0.717, 1.165) is 11.3 Å². The molecule has 0 fully saturated rings. The molecule has 2 amide bonds. The highest BCUT2D eigenvalue weighted by atomic mass is 16.5. The Morgan fingerprint density at radius 3 is 2.43 bits per heavy atom. The smallest absolute Gasteiger partial charge is 0.270 e. The molecule has 0 aliphatic carbocycles. The Kier molecular flexibility index (Phi) is 4.50. The van der Waals surface area contributed by atoms with Crippen molar-refractivity contribution in [2.24, 2.45) is 5.73 Å². The summed E-state index contributed by atoms with van der Waals surface area (Å²) in [6.45, 7) is 0.377. The van der Waals surface area contributed by atoms with Crippen molar-refractivity contribution < 1.29 is 14.3 Å². The predicted octanol–water partition coefficient (Wildman–Crippen LogP) is 1.12. The van der Waals surface area contributed by atoms with E-state index in [4.69, 9.17) is 10.5 Å². The van der Waals surface area contributed by atoms with Crippen molar-refractivity contribution in [3.63, 3.8) is 0 Å². The van der Waals surface area contributed by atoms with Crippen LogP contribution in [0.4, 0.5) is 0 Å². The van der Waals surface area contributed by atoms with Crippen LogP contribution in [0, 0.1) is 0 Å². The predicted molar refractivity (Wildman–Crippen MR) is 76.9 cm³/mol. The summed E-state index contributed by atoms with van der Waals surface area (Å²) in [7, 11) is 1.60. The highest BCUT2D eigenvalue weighted by Crippen LogP contribution is 2.11. The highest BCUT2D eigenvalue weighted by molar-refractivity contribution is 5.95. The van der Waals surface area contributed by atoms with E-state index in [9.17, 15) is 9.59 Å². The Morgan fingerprint density at radius 2 is 1.90 bits per heavy atom. The minimum atomic E-state index is -0.576. The fourth-order valence-electron chi connectivity index (χ4n) is 1.69. The Hall–Kier alpha value is -2.89. The zero-order valence-corrected chi connectivity index (χ0v) is 11.5. The van der Waals surface area contributed by atoms with Crippen LogP contribution in [0.3, 0.4) is 0 Å². The maximum Gasteiger partial charge on any atom is 0.270 e. The molecule has 0 radical (unpaired) electrons. The maximum atomic E-state index is 11.9. The minimum absolute atomic E-state index is 0.230. The van der Waals surface area contributed by atoms with Crippen molar-refractivity contribution in [3.05, 3.63) is 59.4 Å². The molecule has 0 aliphatic heterocycles. The molecule has 0 bridgehead atoms. The third kappa shape index (κ3) is 3.79. The van der Waals surface area contributed by atoms with Crippen LogP contribution < -0.4 is 15.8 Å². The van der Waals surface area contributed by atoms with Gasteiger partial charge in [0.05, 0.1) is 12.7 Å². The number of aromatic nitrogens is 1. The van der Waals surface area contributed by atoms with Crippen LogP contribution in [-0.4, -0.2) is 23.9 Å². The van der Waals surface area contributed by atoms with Crippen molar-refractivity contribution in [2.45, 2.75) is 6.54 Å². The van der Waals surface area contributed by atoms with Gasteiger partial charge in [-0.3, -0.25) is 14.6 Å². The first-order valence-electron chi connectivity index (χ1n) is 6.27. The Bertz CT molecular complexity index is 636. The number of carbonyl (C=O) groups excluding carboxylic acids is 2. The third-order valence-corrected chi connectivity index (χ3v) is 2.89. The summed E-state index contributed by atoms with van der Waals surface area (Å²) < 4.78 is 5.06. The number of nitrogens with zero attached hydrogens (tertiary/aromatic N) is 1. The molecule has 2 rings (SSSR count). The number of hydrogen-bond donors (Lipinski definition) is 2. The topological polar surface area (TPSA) is 94.3 Å². The summed E-state index contributed by atoms with van der Waals surface area (Å²) >= 11 is 0. The lowest BCUT2D eigenvalue weighted by Gasteiger charge is -2.06. The Labute approximate surface area is 121 Å². The molecule has 1 aromatic heterocycles. The van der Waals surface area contributed by atoms with Crippen molar-refractivity contribution in [2.75, 3.05) is 7.11 Å². The average molecular weight is 285 g/mol. The van der Waals surface area contributed by atoms with Crippen LogP contribution in [0.5, 0.6) is 5.75 Å². The van der Waals surface area contributed by atoms with Gasteiger partial charge in [0.1, 0.15) is 11.4 Å². The first-order chi connectivity index (χ1) is 10.1. The number of hydrogen-bond acceptors (Lipinski definition) is 4. The van der Waals surface area contributed by atoms with Gasteiger partial charge in [0.25, 0.3) is 5.91 Å². The van der Waals surface area contributed by atoms with E-state index in [0.29, 0.717) is 6.54 Å². The fraction of sp³-hybridized carbons (Fsp3) is 0.133. The molecular formula is C15H15N3O3. The molecule has 3 N–H and O–H groups in total. The monoisotopic (exact) mass is 285 g/mol. The summed E-state index contributed by atoms with van der Waals surface area (Å²) in [6, 6.07) is 10.3. The van der Waals surface area contributed by atoms with Gasteiger partial charge in [0.15, 0.2) is 0 Å². The standard InChI is InChI=1S/C15H15N3O3/c1-21-12-5-2-10(3-6-12)8-18-15(20)13-7-4-11(9-17-13)14(16)19/h2-7,9H,8H2,1H3,(H2,16,19)(H,18,20). The van der Waals surface area contributed by atoms with Gasteiger partial charge in [0.2, 0.25) is 5.91 Å². The van der Waals surface area contributed by atoms with E-state index in [2.05, 4.69) is 10.3 Å². The first-order valence-corrected chi connectivity index (χ1v) is 6.27. The van der Waals surface area contributed by atoms with E-state index in [-0.39, 0.29) is 17.2 Å². The molecule has 1 aromatic carbocycles. The third-order valence-electron chi connectivity index (χ3n) is 2.89. The molecule has 0 saturated carbocycles. The van der Waals surface area contributed by atoms with Crippen molar-refractivity contribution in [3.8, 4) is 5.75 Å². The van der Waals surface area contributed by atoms with E-state index in [1.165, 1.54) is 18.3 Å². The van der Waals surface area contributed by atoms with Gasteiger partial charge >= 0.3 is 0 Å². The molecule has 0 spiro atoms. The number of nitrogens with one attached hydrogen (secondary N) is 1. The Balaban J connectivity index is 1.95. The zero-order chi connectivity index (χ0) is 15.2. The van der Waals surface area contributed by atoms with Gasteiger partial charge < -0.3 is 15.8 Å². The lowest BCUT2D eigenvalue weighted by atomic mass is 10.2. The number of rotatable bonds is 5. The molecule has 6 heteroatoms. The van der Waals surface area contributed by atoms with E-state index in [1.807, 2.05) is 24.3 Å². The minimum Gasteiger partial charge on any atom is -0.497 e. The van der Waals surface area contributed by atoms with Gasteiger partial charge in [0, 0.05) is 12.7 Å². The summed E-state index contributed by atoms with van der Waals surface area (Å²) in [5.74, 6) is -0.136. The Morgan fingerprint density at radius 1 is 1.19 bits per heavy atom. The van der Waals surface area contributed by atoms with Crippen LogP contribution >= 0.6 is 0 Å². The fourth-order valence-corrected chi connectivity index (χ4v) is 1.69. The van der Waals surface area contributed by atoms with E-state index < -0.39 is 5.91 Å². The summed E-state index contributed by atoms with van der Waals surface area (Å²) in [6.07, 6.45) is 1.28. The van der Waals surface area contributed by atoms with Gasteiger partial charge in [-0.15, -0.1) is 0 Å². The molecule has 21 heavy (non-hydrogen) atoms. The SMILES string of the molecule is COc1ccc(CNC(=O)c2ccc(C(N)=O)cn2)cc1. The molecule has 2 aromatic rings. The van der Waals surface area contributed by atoms with Crippen LogP contribution in [-0.2, 0) is 6.54 Å². The van der Waals surface area contributed by atoms with Gasteiger partial charge in [-0.1, -0.05) is 12.1 Å². The van der Waals surface area contributed by atoms with Crippen molar-refractivity contribution in [1.82, 2.24) is 10.3 Å². The highest BCUT2D eigenvalue weighted by Gasteiger charge is 2.08. The molecule has 0 unspecified atom stereocenters. The van der Waals surface area contributed by atoms with Gasteiger partial charge in [-0.2, -0.15) is 0 Å². The van der Waals surface area contributed by atoms with E-state index >= 15 is 0 Å². The molecule has 0 atom stereocenters. The number of carbonyl (C=O) groups is 2.